The Morgan fingerprint density at radius 1 is 0.793 bits per heavy atom. The summed E-state index contributed by atoms with van der Waals surface area (Å²) in [5.74, 6) is 1.22. The fourth-order valence-corrected chi connectivity index (χ4v) is 2.87. The van der Waals surface area contributed by atoms with Crippen LogP contribution in [0.15, 0.2) is 97.3 Å². The second kappa shape index (κ2) is 8.27. The Morgan fingerprint density at radius 2 is 1.55 bits per heavy atom. The number of nitrogens with zero attached hydrogens (tertiary/aromatic N) is 1. The van der Waals surface area contributed by atoms with Crippen molar-refractivity contribution in [3.63, 3.8) is 0 Å². The summed E-state index contributed by atoms with van der Waals surface area (Å²) in [6.07, 6.45) is 3.25. The van der Waals surface area contributed by atoms with Crippen LogP contribution < -0.4 is 15.8 Å². The van der Waals surface area contributed by atoms with Gasteiger partial charge in [0.25, 0.3) is 5.91 Å². The first-order valence-corrected chi connectivity index (χ1v) is 9.13. The van der Waals surface area contributed by atoms with E-state index in [9.17, 15) is 4.79 Å². The number of hydrogen-bond donors (Lipinski definition) is 2. The van der Waals surface area contributed by atoms with Crippen LogP contribution in [0.1, 0.15) is 10.4 Å². The molecule has 3 aromatic carbocycles. The van der Waals surface area contributed by atoms with E-state index in [-0.39, 0.29) is 5.91 Å². The van der Waals surface area contributed by atoms with Gasteiger partial charge in [0.1, 0.15) is 11.5 Å². The first kappa shape index (κ1) is 18.3. The summed E-state index contributed by atoms with van der Waals surface area (Å²) in [5.41, 5.74) is 9.39. The fourth-order valence-electron chi connectivity index (χ4n) is 2.87. The average molecular weight is 381 g/mol. The predicted molar refractivity (Wildman–Crippen MR) is 115 cm³/mol. The summed E-state index contributed by atoms with van der Waals surface area (Å²) in [5, 5.41) is 2.88. The van der Waals surface area contributed by atoms with Gasteiger partial charge in [-0.05, 0) is 60.2 Å². The van der Waals surface area contributed by atoms with Crippen molar-refractivity contribution in [2.24, 2.45) is 0 Å². The third-order valence-electron chi connectivity index (χ3n) is 4.31. The number of anilines is 2. The van der Waals surface area contributed by atoms with Crippen molar-refractivity contribution < 1.29 is 9.53 Å². The number of pyridine rings is 1. The van der Waals surface area contributed by atoms with Crippen molar-refractivity contribution in [3.8, 4) is 22.6 Å². The maximum absolute atomic E-state index is 12.6. The third kappa shape index (κ3) is 4.59. The molecule has 142 valence electrons. The Bertz CT molecular complexity index is 1130. The minimum Gasteiger partial charge on any atom is -0.457 e. The van der Waals surface area contributed by atoms with Gasteiger partial charge in [0.2, 0.25) is 0 Å². The zero-order chi connectivity index (χ0) is 20.1. The van der Waals surface area contributed by atoms with Gasteiger partial charge in [-0.2, -0.15) is 0 Å². The Balaban J connectivity index is 1.46. The Morgan fingerprint density at radius 3 is 2.31 bits per heavy atom. The molecule has 0 aliphatic carbocycles. The SMILES string of the molecule is Nc1cccc(-c2cncc(C(=O)Nc3ccc(Oc4ccccc4)cc3)c2)c1. The van der Waals surface area contributed by atoms with E-state index in [0.29, 0.717) is 22.7 Å². The van der Waals surface area contributed by atoms with E-state index in [0.717, 1.165) is 16.9 Å². The number of aromatic nitrogens is 1. The molecular formula is C24H19N3O2. The lowest BCUT2D eigenvalue weighted by molar-refractivity contribution is 0.102. The predicted octanol–water partition coefficient (Wildman–Crippen LogP) is 5.38. The summed E-state index contributed by atoms with van der Waals surface area (Å²) < 4.78 is 5.76. The summed E-state index contributed by atoms with van der Waals surface area (Å²) in [6.45, 7) is 0. The smallest absolute Gasteiger partial charge is 0.257 e. The molecule has 0 spiro atoms. The van der Waals surface area contributed by atoms with Crippen LogP contribution in [0.4, 0.5) is 11.4 Å². The van der Waals surface area contributed by atoms with E-state index in [2.05, 4.69) is 10.3 Å². The second-order valence-corrected chi connectivity index (χ2v) is 6.48. The Labute approximate surface area is 168 Å². The highest BCUT2D eigenvalue weighted by atomic mass is 16.5. The second-order valence-electron chi connectivity index (χ2n) is 6.48. The van der Waals surface area contributed by atoms with Crippen LogP contribution >= 0.6 is 0 Å². The van der Waals surface area contributed by atoms with Crippen molar-refractivity contribution in [1.29, 1.82) is 0 Å². The quantitative estimate of drug-likeness (QED) is 0.455. The maximum Gasteiger partial charge on any atom is 0.257 e. The summed E-state index contributed by atoms with van der Waals surface area (Å²) in [4.78, 5) is 16.8. The van der Waals surface area contributed by atoms with Gasteiger partial charge < -0.3 is 15.8 Å². The molecule has 0 saturated carbocycles. The highest BCUT2D eigenvalue weighted by Gasteiger charge is 2.09. The molecule has 29 heavy (non-hydrogen) atoms. The normalized spacial score (nSPS) is 10.3. The number of nitrogens with one attached hydrogen (secondary N) is 1. The number of nitrogens with two attached hydrogens (primary N) is 1. The molecule has 0 saturated heterocycles. The van der Waals surface area contributed by atoms with Gasteiger partial charge in [0.15, 0.2) is 0 Å². The molecule has 1 amide bonds. The van der Waals surface area contributed by atoms with Crippen LogP contribution in [-0.2, 0) is 0 Å². The molecule has 4 aromatic rings. The van der Waals surface area contributed by atoms with Crippen LogP contribution in [-0.4, -0.2) is 10.9 Å². The van der Waals surface area contributed by atoms with E-state index in [4.69, 9.17) is 10.5 Å². The number of ether oxygens (including phenoxy) is 1. The summed E-state index contributed by atoms with van der Waals surface area (Å²) >= 11 is 0. The van der Waals surface area contributed by atoms with Crippen LogP contribution in [0.2, 0.25) is 0 Å². The molecule has 4 rings (SSSR count). The summed E-state index contributed by atoms with van der Waals surface area (Å²) in [6, 6.07) is 26.0. The highest BCUT2D eigenvalue weighted by Crippen LogP contribution is 2.24. The minimum atomic E-state index is -0.236. The number of benzene rings is 3. The van der Waals surface area contributed by atoms with Gasteiger partial charge in [-0.1, -0.05) is 30.3 Å². The van der Waals surface area contributed by atoms with E-state index in [1.54, 1.807) is 24.4 Å². The Hall–Kier alpha value is -4.12. The molecule has 5 nitrogen and oxygen atoms in total. The number of carbonyl (C=O) groups excluding carboxylic acids is 1. The first-order chi connectivity index (χ1) is 14.2. The molecule has 1 heterocycles. The maximum atomic E-state index is 12.6. The molecule has 1 aromatic heterocycles. The molecule has 3 N–H and O–H groups in total. The zero-order valence-electron chi connectivity index (χ0n) is 15.6. The largest absolute Gasteiger partial charge is 0.457 e. The fraction of sp³-hybridized carbons (Fsp3) is 0. The van der Waals surface area contributed by atoms with Gasteiger partial charge in [0, 0.05) is 29.3 Å². The molecule has 0 atom stereocenters. The van der Waals surface area contributed by atoms with E-state index in [1.807, 2.05) is 66.7 Å². The number of para-hydroxylation sites is 1. The van der Waals surface area contributed by atoms with Gasteiger partial charge >= 0.3 is 0 Å². The molecule has 0 radical (unpaired) electrons. The monoisotopic (exact) mass is 381 g/mol. The first-order valence-electron chi connectivity index (χ1n) is 9.13. The van der Waals surface area contributed by atoms with Crippen molar-refractivity contribution in [2.45, 2.75) is 0 Å². The zero-order valence-corrected chi connectivity index (χ0v) is 15.6. The van der Waals surface area contributed by atoms with Crippen LogP contribution in [0.5, 0.6) is 11.5 Å². The Kier molecular flexibility index (Phi) is 5.21. The molecule has 5 heteroatoms. The van der Waals surface area contributed by atoms with E-state index in [1.165, 1.54) is 6.20 Å². The number of hydrogen-bond acceptors (Lipinski definition) is 4. The number of rotatable bonds is 5. The highest BCUT2D eigenvalue weighted by molar-refractivity contribution is 6.04. The van der Waals surface area contributed by atoms with Crippen LogP contribution in [0, 0.1) is 0 Å². The number of amides is 1. The lowest BCUT2D eigenvalue weighted by Gasteiger charge is -2.09. The lowest BCUT2D eigenvalue weighted by atomic mass is 10.1. The number of nitrogen functional groups attached to an aromatic ring is 1. The molecule has 0 aliphatic rings. The van der Waals surface area contributed by atoms with Crippen molar-refractivity contribution >= 4 is 17.3 Å². The third-order valence-corrected chi connectivity index (χ3v) is 4.31. The van der Waals surface area contributed by atoms with Crippen LogP contribution in [0.25, 0.3) is 11.1 Å². The molecule has 0 aliphatic heterocycles. The number of carbonyl (C=O) groups is 1. The summed E-state index contributed by atoms with van der Waals surface area (Å²) in [7, 11) is 0. The lowest BCUT2D eigenvalue weighted by Crippen LogP contribution is -2.12. The molecule has 0 fully saturated rings. The molecule has 0 unspecified atom stereocenters. The van der Waals surface area contributed by atoms with E-state index >= 15 is 0 Å². The van der Waals surface area contributed by atoms with Gasteiger partial charge in [-0.3, -0.25) is 9.78 Å². The minimum absolute atomic E-state index is 0.236. The molecule has 0 bridgehead atoms. The standard InChI is InChI=1S/C24H19N3O2/c25-20-6-4-5-17(14-20)18-13-19(16-26-15-18)24(28)27-21-9-11-23(12-10-21)29-22-7-2-1-3-8-22/h1-16H,25H2,(H,27,28). The molecular weight excluding hydrogens is 362 g/mol. The topological polar surface area (TPSA) is 77.2 Å². The van der Waals surface area contributed by atoms with Crippen molar-refractivity contribution in [2.75, 3.05) is 11.1 Å². The van der Waals surface area contributed by atoms with Crippen molar-refractivity contribution in [1.82, 2.24) is 4.98 Å². The van der Waals surface area contributed by atoms with E-state index < -0.39 is 0 Å². The van der Waals surface area contributed by atoms with Gasteiger partial charge in [0.05, 0.1) is 5.56 Å². The van der Waals surface area contributed by atoms with Crippen LogP contribution in [0.3, 0.4) is 0 Å². The van der Waals surface area contributed by atoms with Crippen molar-refractivity contribution in [3.05, 3.63) is 103 Å². The van der Waals surface area contributed by atoms with Gasteiger partial charge in [-0.25, -0.2) is 0 Å². The van der Waals surface area contributed by atoms with Gasteiger partial charge in [-0.15, -0.1) is 0 Å². The average Bonchev–Trinajstić information content (AvgIpc) is 2.76.